The molecule has 4 N–H and O–H groups in total. The second-order valence-electron chi connectivity index (χ2n) is 8.97. The van der Waals surface area contributed by atoms with Crippen LogP contribution in [0.3, 0.4) is 0 Å². The molecule has 2 saturated heterocycles. The predicted molar refractivity (Wildman–Crippen MR) is 115 cm³/mol. The van der Waals surface area contributed by atoms with E-state index in [-0.39, 0.29) is 17.6 Å². The first-order valence-corrected chi connectivity index (χ1v) is 11.0. The topological polar surface area (TPSA) is 99.9 Å². The van der Waals surface area contributed by atoms with Crippen LogP contribution in [0, 0.1) is 5.92 Å². The summed E-state index contributed by atoms with van der Waals surface area (Å²) in [6, 6.07) is 3.41. The number of hydrogen-bond donors (Lipinski definition) is 4. The van der Waals surface area contributed by atoms with E-state index in [2.05, 4.69) is 28.5 Å². The Morgan fingerprint density at radius 1 is 1.00 bits per heavy atom. The van der Waals surface area contributed by atoms with Crippen LogP contribution in [0.15, 0.2) is 12.1 Å². The van der Waals surface area contributed by atoms with Gasteiger partial charge in [0.05, 0.1) is 18.8 Å². The van der Waals surface area contributed by atoms with Crippen LogP contribution in [-0.4, -0.2) is 106 Å². The predicted octanol–water partition coefficient (Wildman–Crippen LogP) is 1.03. The van der Waals surface area contributed by atoms with E-state index in [4.69, 9.17) is 4.74 Å². The lowest BCUT2D eigenvalue weighted by Crippen LogP contribution is -2.50. The smallest absolute Gasteiger partial charge is 0.200 e. The first-order chi connectivity index (χ1) is 14.2. The van der Waals surface area contributed by atoms with Crippen LogP contribution >= 0.6 is 0 Å². The molecular formula is C22H37N3O5. The Morgan fingerprint density at radius 2 is 1.70 bits per heavy atom. The Labute approximate surface area is 179 Å². The Bertz CT molecular complexity index is 702. The van der Waals surface area contributed by atoms with Crippen molar-refractivity contribution in [1.29, 1.82) is 0 Å². The molecule has 30 heavy (non-hydrogen) atoms. The standard InChI is InChI=1S/C22H37N3O5/c1-15(26)10-23-6-7-24(12-18-4-5-20(27)22(29)21(18)28)13-19-14-30-16(2)11-25(9-8-23)17(19)3/h4-5,15-17,19,26-29H,6-14H2,1-3H3/t15-,16-,17?,19?/m0/s1. The normalized spacial score (nSPS) is 30.5. The third-order valence-corrected chi connectivity index (χ3v) is 6.40. The van der Waals surface area contributed by atoms with Crippen LogP contribution in [0.25, 0.3) is 0 Å². The SMILES string of the molecule is CC1C2CO[C@@H](C)CN1CCN(C[C@H](C)O)CCN(Cc1ccc(O)c(O)c1O)C2. The van der Waals surface area contributed by atoms with Crippen LogP contribution in [0.2, 0.25) is 0 Å². The van der Waals surface area contributed by atoms with Crippen LogP contribution in [0.5, 0.6) is 17.2 Å². The number of rotatable bonds is 4. The van der Waals surface area contributed by atoms with E-state index in [0.717, 1.165) is 39.3 Å². The van der Waals surface area contributed by atoms with E-state index in [1.165, 1.54) is 6.07 Å². The highest BCUT2D eigenvalue weighted by atomic mass is 16.5. The Morgan fingerprint density at radius 3 is 2.43 bits per heavy atom. The number of phenolic OH excluding ortho intramolecular Hbond substituents is 3. The second-order valence-corrected chi connectivity index (χ2v) is 8.97. The molecule has 8 nitrogen and oxygen atoms in total. The van der Waals surface area contributed by atoms with Gasteiger partial charge in [-0.25, -0.2) is 0 Å². The van der Waals surface area contributed by atoms with E-state index >= 15 is 0 Å². The molecule has 3 rings (SSSR count). The third-order valence-electron chi connectivity index (χ3n) is 6.40. The molecule has 5 atom stereocenters. The molecule has 3 unspecified atom stereocenters. The zero-order valence-corrected chi connectivity index (χ0v) is 18.4. The van der Waals surface area contributed by atoms with Gasteiger partial charge in [0.15, 0.2) is 11.5 Å². The van der Waals surface area contributed by atoms with Gasteiger partial charge in [0.2, 0.25) is 5.75 Å². The summed E-state index contributed by atoms with van der Waals surface area (Å²) in [6.07, 6.45) is -0.217. The maximum absolute atomic E-state index is 10.3. The van der Waals surface area contributed by atoms with Gasteiger partial charge in [0.1, 0.15) is 0 Å². The second kappa shape index (κ2) is 10.2. The van der Waals surface area contributed by atoms with Crippen molar-refractivity contribution in [2.45, 2.75) is 45.6 Å². The molecule has 0 amide bonds. The number of fused-ring (bicyclic) bond motifs is 2. The van der Waals surface area contributed by atoms with Crippen molar-refractivity contribution in [2.75, 3.05) is 52.4 Å². The van der Waals surface area contributed by atoms with Crippen LogP contribution < -0.4 is 0 Å². The lowest BCUT2D eigenvalue weighted by molar-refractivity contribution is 0.0444. The van der Waals surface area contributed by atoms with E-state index in [1.807, 2.05) is 6.92 Å². The fourth-order valence-corrected chi connectivity index (χ4v) is 4.54. The maximum Gasteiger partial charge on any atom is 0.200 e. The molecule has 2 heterocycles. The highest BCUT2D eigenvalue weighted by Gasteiger charge is 2.32. The Balaban J connectivity index is 1.83. The lowest BCUT2D eigenvalue weighted by atomic mass is 9.99. The average molecular weight is 424 g/mol. The number of aliphatic hydroxyl groups excluding tert-OH is 1. The number of phenols is 3. The molecule has 2 aliphatic heterocycles. The van der Waals surface area contributed by atoms with Crippen LogP contribution in [-0.2, 0) is 11.3 Å². The summed E-state index contributed by atoms with van der Waals surface area (Å²) in [5.41, 5.74) is 0.580. The molecule has 2 aliphatic rings. The molecule has 0 aromatic heterocycles. The molecule has 0 spiro atoms. The van der Waals surface area contributed by atoms with Gasteiger partial charge < -0.3 is 25.2 Å². The van der Waals surface area contributed by atoms with Crippen molar-refractivity contribution in [3.05, 3.63) is 17.7 Å². The van der Waals surface area contributed by atoms with E-state index in [0.29, 0.717) is 37.2 Å². The van der Waals surface area contributed by atoms with Crippen molar-refractivity contribution in [3.8, 4) is 17.2 Å². The van der Waals surface area contributed by atoms with Gasteiger partial charge in [0.25, 0.3) is 0 Å². The highest BCUT2D eigenvalue weighted by Crippen LogP contribution is 2.37. The number of aromatic hydroxyl groups is 3. The number of β-amino-alcohol motifs (C(OH)–C–C–N with tert-alkyl or cyclic N) is 1. The lowest BCUT2D eigenvalue weighted by Gasteiger charge is -2.39. The van der Waals surface area contributed by atoms with Gasteiger partial charge in [-0.2, -0.15) is 0 Å². The van der Waals surface area contributed by atoms with Gasteiger partial charge >= 0.3 is 0 Å². The van der Waals surface area contributed by atoms with Crippen molar-refractivity contribution in [1.82, 2.24) is 14.7 Å². The third kappa shape index (κ3) is 5.76. The quantitative estimate of drug-likeness (QED) is 0.533. The number of benzene rings is 1. The zero-order valence-electron chi connectivity index (χ0n) is 18.4. The molecule has 1 aromatic carbocycles. The van der Waals surface area contributed by atoms with Crippen LogP contribution in [0.4, 0.5) is 0 Å². The molecule has 2 bridgehead atoms. The van der Waals surface area contributed by atoms with Gasteiger partial charge in [0, 0.05) is 69.9 Å². The van der Waals surface area contributed by atoms with Gasteiger partial charge in [-0.15, -0.1) is 0 Å². The molecule has 2 fully saturated rings. The number of hydrogen-bond acceptors (Lipinski definition) is 8. The summed E-state index contributed by atoms with van der Waals surface area (Å²) in [6.45, 7) is 13.1. The number of aliphatic hydroxyl groups is 1. The van der Waals surface area contributed by atoms with Crippen molar-refractivity contribution in [3.63, 3.8) is 0 Å². The minimum Gasteiger partial charge on any atom is -0.504 e. The Kier molecular flexibility index (Phi) is 7.81. The molecule has 8 heteroatoms. The van der Waals surface area contributed by atoms with E-state index < -0.39 is 11.9 Å². The average Bonchev–Trinajstić information content (AvgIpc) is 2.81. The summed E-state index contributed by atoms with van der Waals surface area (Å²) in [4.78, 5) is 7.05. The molecule has 170 valence electrons. The number of nitrogens with zero attached hydrogens (tertiary/aromatic N) is 3. The summed E-state index contributed by atoms with van der Waals surface area (Å²) in [5.74, 6) is -0.745. The van der Waals surface area contributed by atoms with Crippen molar-refractivity contribution < 1.29 is 25.2 Å². The molecular weight excluding hydrogens is 386 g/mol. The molecule has 1 aromatic rings. The molecule has 0 saturated carbocycles. The van der Waals surface area contributed by atoms with Crippen molar-refractivity contribution >= 4 is 0 Å². The molecule has 0 radical (unpaired) electrons. The largest absolute Gasteiger partial charge is 0.504 e. The number of ether oxygens (including phenoxy) is 1. The van der Waals surface area contributed by atoms with Crippen LogP contribution in [0.1, 0.15) is 26.3 Å². The summed E-state index contributed by atoms with van der Waals surface area (Å²) in [5, 5.41) is 39.8. The summed E-state index contributed by atoms with van der Waals surface area (Å²) < 4.78 is 6.08. The Hall–Kier alpha value is -1.58. The summed E-state index contributed by atoms with van der Waals surface area (Å²) in [7, 11) is 0. The van der Waals surface area contributed by atoms with Crippen molar-refractivity contribution in [2.24, 2.45) is 5.92 Å². The zero-order chi connectivity index (χ0) is 21.8. The first kappa shape index (κ1) is 23.1. The maximum atomic E-state index is 10.3. The molecule has 0 aliphatic carbocycles. The first-order valence-electron chi connectivity index (χ1n) is 11.0. The monoisotopic (exact) mass is 423 g/mol. The van der Waals surface area contributed by atoms with E-state index in [9.17, 15) is 20.4 Å². The fourth-order valence-electron chi connectivity index (χ4n) is 4.54. The minimum atomic E-state index is -0.476. The van der Waals surface area contributed by atoms with Gasteiger partial charge in [-0.1, -0.05) is 6.07 Å². The van der Waals surface area contributed by atoms with Gasteiger partial charge in [-0.05, 0) is 26.8 Å². The summed E-state index contributed by atoms with van der Waals surface area (Å²) >= 11 is 0. The van der Waals surface area contributed by atoms with E-state index in [1.54, 1.807) is 6.07 Å². The fraction of sp³-hybridized carbons (Fsp3) is 0.727. The minimum absolute atomic E-state index is 0.176. The highest BCUT2D eigenvalue weighted by molar-refractivity contribution is 5.53. The van der Waals surface area contributed by atoms with Gasteiger partial charge in [-0.3, -0.25) is 14.7 Å².